The van der Waals surface area contributed by atoms with Gasteiger partial charge in [0.2, 0.25) is 11.8 Å². The van der Waals surface area contributed by atoms with Gasteiger partial charge in [-0.25, -0.2) is 9.59 Å². The van der Waals surface area contributed by atoms with E-state index in [1.807, 2.05) is 13.8 Å². The van der Waals surface area contributed by atoms with Crippen LogP contribution < -0.4 is 10.6 Å². The number of nitrogens with one attached hydrogen (secondary N) is 2. The predicted octanol–water partition coefficient (Wildman–Crippen LogP) is 2.51. The standard InChI is InChI=1S/C26H41N3O7/c1-10-11-12-15(18(30)22(33)34)27-20(31)17-16-14(26(16,8)9)13-29(17)21(32)19(24(2,3)4)28-23(35)36-25(5,6)7/h10,14-17,19H,1,11-13H2,2-9H3,(H,27,31)(H,28,35)(H,33,34). The summed E-state index contributed by atoms with van der Waals surface area (Å²) < 4.78 is 5.35. The summed E-state index contributed by atoms with van der Waals surface area (Å²) in [6, 6.07) is -3.10. The van der Waals surface area contributed by atoms with Crippen LogP contribution in [0, 0.1) is 22.7 Å². The number of aliphatic carboxylic acids is 1. The molecule has 2 aliphatic rings. The van der Waals surface area contributed by atoms with Gasteiger partial charge in [0.05, 0.1) is 6.04 Å². The Balaban J connectivity index is 2.32. The molecule has 0 aromatic heterocycles. The average molecular weight is 508 g/mol. The van der Waals surface area contributed by atoms with Crippen LogP contribution in [0.5, 0.6) is 0 Å². The van der Waals surface area contributed by atoms with E-state index < -0.39 is 58.8 Å². The molecule has 10 heteroatoms. The maximum atomic E-state index is 13.8. The van der Waals surface area contributed by atoms with Crippen molar-refractivity contribution in [3.63, 3.8) is 0 Å². The molecule has 2 fully saturated rings. The molecule has 1 aliphatic heterocycles. The molecule has 2 rings (SSSR count). The molecule has 5 unspecified atom stereocenters. The van der Waals surface area contributed by atoms with Crippen LogP contribution >= 0.6 is 0 Å². The van der Waals surface area contributed by atoms with Gasteiger partial charge in [-0.3, -0.25) is 14.4 Å². The van der Waals surface area contributed by atoms with Gasteiger partial charge < -0.3 is 25.4 Å². The average Bonchev–Trinajstić information content (AvgIpc) is 3.07. The second-order valence-corrected chi connectivity index (χ2v) is 12.4. The molecule has 1 aliphatic carbocycles. The first-order valence-electron chi connectivity index (χ1n) is 12.3. The van der Waals surface area contributed by atoms with Crippen molar-refractivity contribution in [2.75, 3.05) is 6.54 Å². The predicted molar refractivity (Wildman–Crippen MR) is 133 cm³/mol. The number of carboxylic acids is 1. The highest BCUT2D eigenvalue weighted by Crippen LogP contribution is 2.65. The number of ether oxygens (including phenoxy) is 1. The van der Waals surface area contributed by atoms with Crippen LogP contribution in [0.4, 0.5) is 4.79 Å². The Kier molecular flexibility index (Phi) is 8.32. The fourth-order valence-electron chi connectivity index (χ4n) is 5.01. The van der Waals surface area contributed by atoms with E-state index in [0.29, 0.717) is 13.0 Å². The third-order valence-electron chi connectivity index (χ3n) is 7.04. The SMILES string of the molecule is C=CCCC(NC(=O)C1C2C(CN1C(=O)C(NC(=O)OC(C)(C)C)C(C)(C)C)C2(C)C)C(=O)C(=O)O. The molecule has 0 radical (unpaired) electrons. The minimum Gasteiger partial charge on any atom is -0.475 e. The zero-order valence-corrected chi connectivity index (χ0v) is 22.6. The number of amides is 3. The Morgan fingerprint density at radius 2 is 1.69 bits per heavy atom. The van der Waals surface area contributed by atoms with Crippen molar-refractivity contribution in [3.05, 3.63) is 12.7 Å². The van der Waals surface area contributed by atoms with E-state index in [1.54, 1.807) is 41.5 Å². The summed E-state index contributed by atoms with van der Waals surface area (Å²) in [5.41, 5.74) is -1.64. The fourth-order valence-corrected chi connectivity index (χ4v) is 5.01. The van der Waals surface area contributed by atoms with E-state index in [-0.39, 0.29) is 23.7 Å². The van der Waals surface area contributed by atoms with E-state index in [4.69, 9.17) is 4.74 Å². The molecule has 3 amide bonds. The maximum Gasteiger partial charge on any atom is 0.408 e. The van der Waals surface area contributed by atoms with Gasteiger partial charge in [0.15, 0.2) is 0 Å². The Hall–Kier alpha value is -2.91. The summed E-state index contributed by atoms with van der Waals surface area (Å²) in [4.78, 5) is 64.8. The lowest BCUT2D eigenvalue weighted by atomic mass is 9.85. The summed E-state index contributed by atoms with van der Waals surface area (Å²) >= 11 is 0. The highest BCUT2D eigenvalue weighted by Gasteiger charge is 2.69. The van der Waals surface area contributed by atoms with Gasteiger partial charge in [-0.15, -0.1) is 6.58 Å². The lowest BCUT2D eigenvalue weighted by Gasteiger charge is -2.38. The van der Waals surface area contributed by atoms with Crippen LogP contribution in [-0.4, -0.2) is 69.9 Å². The number of carbonyl (C=O) groups excluding carboxylic acids is 4. The minimum absolute atomic E-state index is 0.0705. The van der Waals surface area contributed by atoms with Crippen LogP contribution in [0.3, 0.4) is 0 Å². The lowest BCUT2D eigenvalue weighted by Crippen LogP contribution is -2.60. The molecule has 1 saturated heterocycles. The minimum atomic E-state index is -1.64. The van der Waals surface area contributed by atoms with Gasteiger partial charge in [0.25, 0.3) is 5.78 Å². The molecular formula is C26H41N3O7. The van der Waals surface area contributed by atoms with Gasteiger partial charge in [-0.05, 0) is 56.3 Å². The number of ketones is 1. The van der Waals surface area contributed by atoms with E-state index >= 15 is 0 Å². The van der Waals surface area contributed by atoms with Crippen molar-refractivity contribution in [1.82, 2.24) is 15.5 Å². The molecule has 202 valence electrons. The van der Waals surface area contributed by atoms with Gasteiger partial charge in [0, 0.05) is 6.54 Å². The van der Waals surface area contributed by atoms with Gasteiger partial charge in [-0.1, -0.05) is 40.7 Å². The second-order valence-electron chi connectivity index (χ2n) is 12.4. The van der Waals surface area contributed by atoms with Crippen molar-refractivity contribution in [1.29, 1.82) is 0 Å². The molecule has 1 heterocycles. The number of Topliss-reactive ketones (excluding diaryl/α,β-unsaturated/α-hetero) is 1. The second kappa shape index (κ2) is 10.2. The molecule has 0 aromatic carbocycles. The number of alkyl carbamates (subject to hydrolysis) is 1. The Morgan fingerprint density at radius 3 is 2.17 bits per heavy atom. The first kappa shape index (κ1) is 29.3. The number of carbonyl (C=O) groups is 5. The highest BCUT2D eigenvalue weighted by molar-refractivity contribution is 6.35. The number of likely N-dealkylation sites (tertiary alicyclic amines) is 1. The molecule has 0 aromatic rings. The smallest absolute Gasteiger partial charge is 0.408 e. The molecule has 1 saturated carbocycles. The highest BCUT2D eigenvalue weighted by atomic mass is 16.6. The zero-order chi connectivity index (χ0) is 27.8. The van der Waals surface area contributed by atoms with Gasteiger partial charge in [-0.2, -0.15) is 0 Å². The number of rotatable bonds is 9. The van der Waals surface area contributed by atoms with E-state index in [9.17, 15) is 29.1 Å². The zero-order valence-electron chi connectivity index (χ0n) is 22.6. The molecule has 10 nitrogen and oxygen atoms in total. The summed E-state index contributed by atoms with van der Waals surface area (Å²) in [5.74, 6) is -3.84. The summed E-state index contributed by atoms with van der Waals surface area (Å²) in [6.07, 6.45) is 1.22. The van der Waals surface area contributed by atoms with E-state index in [1.165, 1.54) is 11.0 Å². The third kappa shape index (κ3) is 6.44. The van der Waals surface area contributed by atoms with Crippen LogP contribution in [0.1, 0.15) is 68.2 Å². The molecular weight excluding hydrogens is 466 g/mol. The Bertz CT molecular complexity index is 929. The van der Waals surface area contributed by atoms with Crippen LogP contribution in [0.15, 0.2) is 12.7 Å². The molecule has 5 atom stereocenters. The van der Waals surface area contributed by atoms with Crippen molar-refractivity contribution in [2.45, 2.75) is 92.0 Å². The third-order valence-corrected chi connectivity index (χ3v) is 7.04. The monoisotopic (exact) mass is 507 g/mol. The van der Waals surface area contributed by atoms with Gasteiger partial charge in [0.1, 0.15) is 17.7 Å². The topological polar surface area (TPSA) is 142 Å². The largest absolute Gasteiger partial charge is 0.475 e. The van der Waals surface area contributed by atoms with Gasteiger partial charge >= 0.3 is 12.1 Å². The van der Waals surface area contributed by atoms with Crippen molar-refractivity contribution < 1.29 is 33.8 Å². The lowest BCUT2D eigenvalue weighted by molar-refractivity contribution is -0.151. The van der Waals surface area contributed by atoms with Crippen molar-refractivity contribution in [3.8, 4) is 0 Å². The quantitative estimate of drug-likeness (QED) is 0.321. The summed E-state index contributed by atoms with van der Waals surface area (Å²) in [7, 11) is 0. The number of nitrogens with zero attached hydrogens (tertiary/aromatic N) is 1. The van der Waals surface area contributed by atoms with Crippen molar-refractivity contribution >= 4 is 29.7 Å². The van der Waals surface area contributed by atoms with E-state index in [0.717, 1.165) is 0 Å². The molecule has 36 heavy (non-hydrogen) atoms. The first-order chi connectivity index (χ1) is 16.3. The summed E-state index contributed by atoms with van der Waals surface area (Å²) in [6.45, 7) is 18.5. The molecule has 0 bridgehead atoms. The normalized spacial score (nSPS) is 24.1. The number of hydrogen-bond acceptors (Lipinski definition) is 6. The summed E-state index contributed by atoms with van der Waals surface area (Å²) in [5, 5.41) is 14.5. The Morgan fingerprint density at radius 1 is 1.11 bits per heavy atom. The number of hydrogen-bond donors (Lipinski definition) is 3. The first-order valence-corrected chi connectivity index (χ1v) is 12.3. The fraction of sp³-hybridized carbons (Fsp3) is 0.731. The molecule has 3 N–H and O–H groups in total. The van der Waals surface area contributed by atoms with E-state index in [2.05, 4.69) is 17.2 Å². The van der Waals surface area contributed by atoms with Crippen LogP contribution in [-0.2, 0) is 23.9 Å². The molecule has 0 spiro atoms. The Labute approximate surface area is 213 Å². The van der Waals surface area contributed by atoms with Crippen LogP contribution in [0.2, 0.25) is 0 Å². The number of fused-ring (bicyclic) bond motifs is 1. The maximum absolute atomic E-state index is 13.8. The van der Waals surface area contributed by atoms with Crippen LogP contribution in [0.25, 0.3) is 0 Å². The number of piperidine rings is 1. The number of allylic oxidation sites excluding steroid dienone is 1. The van der Waals surface area contributed by atoms with Crippen molar-refractivity contribution in [2.24, 2.45) is 22.7 Å². The number of carboxylic acid groups (broad SMARTS) is 1.